The molecule has 0 saturated carbocycles. The SMILES string of the molecule is OCc1cnc(N2CCn3cnnc3C2)s1. The van der Waals surface area contributed by atoms with Crippen LogP contribution in [0.5, 0.6) is 0 Å². The summed E-state index contributed by atoms with van der Waals surface area (Å²) < 4.78 is 2.05. The van der Waals surface area contributed by atoms with Crippen LogP contribution in [0.2, 0.25) is 0 Å². The molecule has 0 saturated heterocycles. The molecule has 2 aromatic heterocycles. The molecule has 0 bridgehead atoms. The Hall–Kier alpha value is -1.47. The first-order valence-corrected chi connectivity index (χ1v) is 5.85. The molecule has 0 amide bonds. The molecule has 0 radical (unpaired) electrons. The number of aliphatic hydroxyl groups excluding tert-OH is 1. The van der Waals surface area contributed by atoms with E-state index in [1.165, 1.54) is 11.3 Å². The maximum Gasteiger partial charge on any atom is 0.186 e. The van der Waals surface area contributed by atoms with Crippen molar-refractivity contribution in [2.45, 2.75) is 19.7 Å². The Balaban J connectivity index is 1.83. The van der Waals surface area contributed by atoms with E-state index in [0.717, 1.165) is 35.5 Å². The van der Waals surface area contributed by atoms with Crippen LogP contribution in [-0.4, -0.2) is 31.4 Å². The molecule has 0 unspecified atom stereocenters. The van der Waals surface area contributed by atoms with Gasteiger partial charge >= 0.3 is 0 Å². The molecule has 0 aromatic carbocycles. The maximum atomic E-state index is 9.00. The van der Waals surface area contributed by atoms with Crippen LogP contribution in [0.25, 0.3) is 0 Å². The monoisotopic (exact) mass is 237 g/mol. The molecular weight excluding hydrogens is 226 g/mol. The van der Waals surface area contributed by atoms with Gasteiger partial charge in [-0.05, 0) is 0 Å². The fourth-order valence-electron chi connectivity index (χ4n) is 1.75. The van der Waals surface area contributed by atoms with E-state index in [4.69, 9.17) is 5.11 Å². The number of rotatable bonds is 2. The average molecular weight is 237 g/mol. The molecule has 3 heterocycles. The van der Waals surface area contributed by atoms with Gasteiger partial charge in [0.05, 0.1) is 18.0 Å². The summed E-state index contributed by atoms with van der Waals surface area (Å²) in [6, 6.07) is 0. The van der Waals surface area contributed by atoms with E-state index in [1.807, 2.05) is 0 Å². The predicted octanol–water partition coefficient (Wildman–Crippen LogP) is 0.247. The Morgan fingerprint density at radius 3 is 3.19 bits per heavy atom. The standard InChI is InChI=1S/C9H11N5OS/c15-5-7-3-10-9(16-7)13-1-2-14-6-11-12-8(14)4-13/h3,6,15H,1-2,4-5H2. The molecule has 2 aromatic rings. The van der Waals surface area contributed by atoms with E-state index < -0.39 is 0 Å². The van der Waals surface area contributed by atoms with Crippen molar-refractivity contribution in [2.24, 2.45) is 0 Å². The maximum absolute atomic E-state index is 9.00. The second-order valence-electron chi connectivity index (χ2n) is 3.63. The zero-order valence-corrected chi connectivity index (χ0v) is 9.39. The first kappa shape index (κ1) is 9.73. The van der Waals surface area contributed by atoms with Gasteiger partial charge in [0.2, 0.25) is 0 Å². The molecule has 6 nitrogen and oxygen atoms in total. The van der Waals surface area contributed by atoms with Crippen molar-refractivity contribution in [3.8, 4) is 0 Å². The number of aliphatic hydroxyl groups is 1. The van der Waals surface area contributed by atoms with Gasteiger partial charge in [0.15, 0.2) is 11.0 Å². The Bertz CT molecular complexity index is 494. The van der Waals surface area contributed by atoms with Crippen molar-refractivity contribution in [1.29, 1.82) is 0 Å². The summed E-state index contributed by atoms with van der Waals surface area (Å²) in [7, 11) is 0. The summed E-state index contributed by atoms with van der Waals surface area (Å²) in [5.41, 5.74) is 0. The highest BCUT2D eigenvalue weighted by Crippen LogP contribution is 2.25. The van der Waals surface area contributed by atoms with Crippen molar-refractivity contribution in [2.75, 3.05) is 11.4 Å². The third-order valence-electron chi connectivity index (χ3n) is 2.61. The van der Waals surface area contributed by atoms with Crippen LogP contribution in [0.1, 0.15) is 10.7 Å². The summed E-state index contributed by atoms with van der Waals surface area (Å²) in [5.74, 6) is 0.965. The zero-order chi connectivity index (χ0) is 11.0. The Morgan fingerprint density at radius 1 is 1.44 bits per heavy atom. The van der Waals surface area contributed by atoms with E-state index >= 15 is 0 Å². The number of thiazole rings is 1. The molecule has 0 spiro atoms. The number of hydrogen-bond donors (Lipinski definition) is 1. The second-order valence-corrected chi connectivity index (χ2v) is 4.72. The summed E-state index contributed by atoms with van der Waals surface area (Å²) in [6.07, 6.45) is 3.48. The fraction of sp³-hybridized carbons (Fsp3) is 0.444. The number of anilines is 1. The largest absolute Gasteiger partial charge is 0.391 e. The highest BCUT2D eigenvalue weighted by Gasteiger charge is 2.19. The number of fused-ring (bicyclic) bond motifs is 1. The van der Waals surface area contributed by atoms with Gasteiger partial charge in [-0.2, -0.15) is 0 Å². The molecular formula is C9H11N5OS. The first-order chi connectivity index (χ1) is 7.86. The topological polar surface area (TPSA) is 67.1 Å². The molecule has 0 atom stereocenters. The Morgan fingerprint density at radius 2 is 2.38 bits per heavy atom. The van der Waals surface area contributed by atoms with Gasteiger partial charge in [-0.3, -0.25) is 0 Å². The molecule has 0 fully saturated rings. The number of aromatic nitrogens is 4. The van der Waals surface area contributed by atoms with Gasteiger partial charge in [0.1, 0.15) is 6.33 Å². The van der Waals surface area contributed by atoms with Crippen molar-refractivity contribution >= 4 is 16.5 Å². The lowest BCUT2D eigenvalue weighted by atomic mass is 10.4. The lowest BCUT2D eigenvalue weighted by Gasteiger charge is -2.26. The van der Waals surface area contributed by atoms with Gasteiger partial charge in [-0.25, -0.2) is 4.98 Å². The molecule has 1 N–H and O–H groups in total. The van der Waals surface area contributed by atoms with Crippen LogP contribution in [0.15, 0.2) is 12.5 Å². The predicted molar refractivity (Wildman–Crippen MR) is 59.1 cm³/mol. The van der Waals surface area contributed by atoms with E-state index in [-0.39, 0.29) is 6.61 Å². The normalized spacial score (nSPS) is 15.2. The minimum Gasteiger partial charge on any atom is -0.391 e. The molecule has 1 aliphatic heterocycles. The fourth-order valence-corrected chi connectivity index (χ4v) is 2.54. The quantitative estimate of drug-likeness (QED) is 0.810. The van der Waals surface area contributed by atoms with E-state index in [1.54, 1.807) is 12.5 Å². The van der Waals surface area contributed by atoms with Crippen LogP contribution in [0, 0.1) is 0 Å². The number of nitrogens with zero attached hydrogens (tertiary/aromatic N) is 5. The van der Waals surface area contributed by atoms with E-state index in [9.17, 15) is 0 Å². The van der Waals surface area contributed by atoms with Crippen molar-refractivity contribution in [3.05, 3.63) is 23.2 Å². The number of hydrogen-bond acceptors (Lipinski definition) is 6. The molecule has 7 heteroatoms. The Labute approximate surface area is 96.2 Å². The van der Waals surface area contributed by atoms with E-state index in [2.05, 4.69) is 24.6 Å². The third kappa shape index (κ3) is 1.57. The first-order valence-electron chi connectivity index (χ1n) is 5.04. The van der Waals surface area contributed by atoms with Crippen LogP contribution in [0.3, 0.4) is 0 Å². The molecule has 84 valence electrons. The van der Waals surface area contributed by atoms with Gasteiger partial charge in [-0.1, -0.05) is 11.3 Å². The lowest BCUT2D eigenvalue weighted by molar-refractivity contribution is 0.285. The highest BCUT2D eigenvalue weighted by molar-refractivity contribution is 7.15. The highest BCUT2D eigenvalue weighted by atomic mass is 32.1. The summed E-state index contributed by atoms with van der Waals surface area (Å²) in [4.78, 5) is 7.35. The van der Waals surface area contributed by atoms with Gasteiger partial charge < -0.3 is 14.6 Å². The minimum absolute atomic E-state index is 0.0572. The third-order valence-corrected chi connectivity index (χ3v) is 3.65. The van der Waals surface area contributed by atoms with E-state index in [0.29, 0.717) is 0 Å². The van der Waals surface area contributed by atoms with Crippen molar-refractivity contribution in [3.63, 3.8) is 0 Å². The van der Waals surface area contributed by atoms with Crippen LogP contribution < -0.4 is 4.90 Å². The molecule has 0 aliphatic carbocycles. The minimum atomic E-state index is 0.0572. The van der Waals surface area contributed by atoms with Gasteiger partial charge in [0, 0.05) is 19.3 Å². The van der Waals surface area contributed by atoms with Gasteiger partial charge in [-0.15, -0.1) is 10.2 Å². The summed E-state index contributed by atoms with van der Waals surface area (Å²) >= 11 is 1.52. The van der Waals surface area contributed by atoms with Crippen molar-refractivity contribution in [1.82, 2.24) is 19.7 Å². The Kier molecular flexibility index (Phi) is 2.33. The van der Waals surface area contributed by atoms with Crippen LogP contribution in [-0.2, 0) is 19.7 Å². The zero-order valence-electron chi connectivity index (χ0n) is 8.57. The van der Waals surface area contributed by atoms with Crippen LogP contribution >= 0.6 is 11.3 Å². The van der Waals surface area contributed by atoms with Crippen molar-refractivity contribution < 1.29 is 5.11 Å². The molecule has 16 heavy (non-hydrogen) atoms. The average Bonchev–Trinajstić information content (AvgIpc) is 2.96. The molecule has 3 rings (SSSR count). The summed E-state index contributed by atoms with van der Waals surface area (Å²) in [5, 5.41) is 17.9. The second kappa shape index (κ2) is 3.84. The van der Waals surface area contributed by atoms with Crippen LogP contribution in [0.4, 0.5) is 5.13 Å². The molecule has 1 aliphatic rings. The van der Waals surface area contributed by atoms with Gasteiger partial charge in [0.25, 0.3) is 0 Å². The smallest absolute Gasteiger partial charge is 0.186 e. The lowest BCUT2D eigenvalue weighted by Crippen LogP contribution is -2.33. The summed E-state index contributed by atoms with van der Waals surface area (Å²) in [6.45, 7) is 2.58.